The van der Waals surface area contributed by atoms with Crippen LogP contribution >= 0.6 is 0 Å². The summed E-state index contributed by atoms with van der Waals surface area (Å²) in [6.07, 6.45) is 0. The molecule has 0 aliphatic rings. The molecule has 7 heteroatoms. The van der Waals surface area contributed by atoms with E-state index in [1.165, 1.54) is 0 Å². The zero-order valence-corrected chi connectivity index (χ0v) is 10.8. The van der Waals surface area contributed by atoms with Crippen LogP contribution in [0.25, 0.3) is 0 Å². The third kappa shape index (κ3) is 7.75. The van der Waals surface area contributed by atoms with Crippen molar-refractivity contribution in [3.63, 3.8) is 0 Å². The first kappa shape index (κ1) is 14.9. The Bertz CT molecular complexity index is 322. The highest BCUT2D eigenvalue weighted by atomic mass is 32.2. The lowest BCUT2D eigenvalue weighted by Gasteiger charge is -2.04. The molecule has 92 valence electrons. The molecule has 0 saturated carbocycles. The van der Waals surface area contributed by atoms with Gasteiger partial charge >= 0.3 is 0 Å². The van der Waals surface area contributed by atoms with Crippen LogP contribution in [0, 0.1) is 0 Å². The van der Waals surface area contributed by atoms with Gasteiger partial charge in [0.25, 0.3) is 0 Å². The van der Waals surface area contributed by atoms with Crippen LogP contribution in [-0.2, 0) is 19.7 Å². The molecule has 0 fully saturated rings. The van der Waals surface area contributed by atoms with Crippen LogP contribution in [0.5, 0.6) is 0 Å². The third-order valence-corrected chi connectivity index (χ3v) is 5.47. The van der Waals surface area contributed by atoms with Crippen LogP contribution in [0.1, 0.15) is 13.8 Å². The van der Waals surface area contributed by atoms with E-state index in [1.807, 2.05) is 0 Å². The fraction of sp³-hybridized carbons (Fsp3) is 1.00. The maximum atomic E-state index is 11.1. The normalized spacial score (nSPS) is 12.9. The highest BCUT2D eigenvalue weighted by Gasteiger charge is 2.08. The van der Waals surface area contributed by atoms with E-state index in [-0.39, 0.29) is 23.0 Å². The Hall–Kier alpha value is -0.140. The number of rotatable bonds is 8. The van der Waals surface area contributed by atoms with Gasteiger partial charge in [-0.05, 0) is 0 Å². The molecule has 0 aliphatic carbocycles. The molecule has 15 heavy (non-hydrogen) atoms. The third-order valence-electron chi connectivity index (χ3n) is 2.06. The summed E-state index contributed by atoms with van der Waals surface area (Å²) in [7, 11) is -5.91. The Morgan fingerprint density at radius 1 is 0.800 bits per heavy atom. The minimum atomic E-state index is -2.95. The van der Waals surface area contributed by atoms with E-state index in [4.69, 9.17) is 0 Å². The lowest BCUT2D eigenvalue weighted by atomic mass is 10.7. The number of hydrogen-bond acceptors (Lipinski definition) is 5. The van der Waals surface area contributed by atoms with E-state index < -0.39 is 19.7 Å². The predicted molar refractivity (Wildman–Crippen MR) is 61.5 cm³/mol. The topological polar surface area (TPSA) is 80.3 Å². The van der Waals surface area contributed by atoms with Crippen molar-refractivity contribution in [3.8, 4) is 0 Å². The molecule has 0 aromatic carbocycles. The lowest BCUT2D eigenvalue weighted by molar-refractivity contribution is 0.589. The molecule has 0 amide bonds. The summed E-state index contributed by atoms with van der Waals surface area (Å²) < 4.78 is 44.2. The first-order chi connectivity index (χ1) is 6.83. The van der Waals surface area contributed by atoms with E-state index >= 15 is 0 Å². The van der Waals surface area contributed by atoms with E-state index in [2.05, 4.69) is 5.32 Å². The van der Waals surface area contributed by atoms with Crippen molar-refractivity contribution < 1.29 is 16.8 Å². The summed E-state index contributed by atoms with van der Waals surface area (Å²) in [4.78, 5) is 0. The molecule has 5 nitrogen and oxygen atoms in total. The molecular weight excluding hydrogens is 238 g/mol. The van der Waals surface area contributed by atoms with Crippen molar-refractivity contribution in [3.05, 3.63) is 0 Å². The summed E-state index contributed by atoms with van der Waals surface area (Å²) in [5.74, 6) is 0.384. The summed E-state index contributed by atoms with van der Waals surface area (Å²) in [6.45, 7) is 3.82. The molecule has 0 radical (unpaired) electrons. The SMILES string of the molecule is CCS(=O)(=O)CCNCCS(=O)(=O)CC. The van der Waals surface area contributed by atoms with Gasteiger partial charge in [0.15, 0.2) is 19.7 Å². The van der Waals surface area contributed by atoms with E-state index in [0.29, 0.717) is 13.1 Å². The van der Waals surface area contributed by atoms with Crippen molar-refractivity contribution in [1.29, 1.82) is 0 Å². The second-order valence-corrected chi connectivity index (χ2v) is 8.17. The summed E-state index contributed by atoms with van der Waals surface area (Å²) in [6, 6.07) is 0. The molecule has 0 bridgehead atoms. The van der Waals surface area contributed by atoms with Gasteiger partial charge in [0, 0.05) is 24.6 Å². The van der Waals surface area contributed by atoms with Gasteiger partial charge in [-0.15, -0.1) is 0 Å². The first-order valence-corrected chi connectivity index (χ1v) is 8.59. The average Bonchev–Trinajstić information content (AvgIpc) is 2.17. The fourth-order valence-corrected chi connectivity index (χ4v) is 2.36. The van der Waals surface area contributed by atoms with Gasteiger partial charge in [-0.25, -0.2) is 16.8 Å². The summed E-state index contributed by atoms with van der Waals surface area (Å²) in [5.41, 5.74) is 0. The highest BCUT2D eigenvalue weighted by Crippen LogP contribution is 1.89. The molecule has 0 spiro atoms. The van der Waals surface area contributed by atoms with Gasteiger partial charge in [-0.1, -0.05) is 13.8 Å². The van der Waals surface area contributed by atoms with Crippen molar-refractivity contribution in [2.24, 2.45) is 0 Å². The largest absolute Gasteiger partial charge is 0.315 e. The molecule has 0 saturated heterocycles. The van der Waals surface area contributed by atoms with Gasteiger partial charge in [0.1, 0.15) is 0 Å². The van der Waals surface area contributed by atoms with Gasteiger partial charge in [-0.3, -0.25) is 0 Å². The fourth-order valence-electron chi connectivity index (χ4n) is 0.869. The van der Waals surface area contributed by atoms with Crippen molar-refractivity contribution in [2.75, 3.05) is 36.1 Å². The molecule has 0 aliphatic heterocycles. The molecular formula is C8H19NO4S2. The van der Waals surface area contributed by atoms with Crippen LogP contribution in [0.2, 0.25) is 0 Å². The zero-order chi connectivity index (χ0) is 11.9. The van der Waals surface area contributed by atoms with E-state index in [0.717, 1.165) is 0 Å². The second-order valence-electron chi connectivity index (χ2n) is 3.22. The van der Waals surface area contributed by atoms with Crippen LogP contribution in [-0.4, -0.2) is 52.9 Å². The highest BCUT2D eigenvalue weighted by molar-refractivity contribution is 7.91. The van der Waals surface area contributed by atoms with Crippen LogP contribution in [0.4, 0.5) is 0 Å². The number of nitrogens with one attached hydrogen (secondary N) is 1. The Morgan fingerprint density at radius 2 is 1.13 bits per heavy atom. The minimum absolute atomic E-state index is 0.0652. The van der Waals surface area contributed by atoms with E-state index in [1.54, 1.807) is 13.8 Å². The van der Waals surface area contributed by atoms with Gasteiger partial charge in [0.2, 0.25) is 0 Å². The van der Waals surface area contributed by atoms with Crippen LogP contribution in [0.3, 0.4) is 0 Å². The Labute approximate surface area is 92.1 Å². The lowest BCUT2D eigenvalue weighted by Crippen LogP contribution is -2.28. The Balaban J connectivity index is 3.66. The predicted octanol–water partition coefficient (Wildman–Crippen LogP) is -0.555. The first-order valence-electron chi connectivity index (χ1n) is 4.94. The Kier molecular flexibility index (Phi) is 6.38. The Morgan fingerprint density at radius 3 is 1.40 bits per heavy atom. The van der Waals surface area contributed by atoms with E-state index in [9.17, 15) is 16.8 Å². The molecule has 1 N–H and O–H groups in total. The zero-order valence-electron chi connectivity index (χ0n) is 9.19. The second kappa shape index (κ2) is 6.44. The smallest absolute Gasteiger partial charge is 0.151 e. The molecule has 0 aromatic rings. The van der Waals surface area contributed by atoms with Crippen LogP contribution < -0.4 is 5.32 Å². The van der Waals surface area contributed by atoms with Gasteiger partial charge in [0.05, 0.1) is 11.5 Å². The average molecular weight is 257 g/mol. The standard InChI is InChI=1S/C8H19NO4S2/c1-3-14(10,11)7-5-9-6-8-15(12,13)4-2/h9H,3-8H2,1-2H3. The maximum Gasteiger partial charge on any atom is 0.151 e. The molecule has 0 heterocycles. The molecule has 0 rings (SSSR count). The summed E-state index contributed by atoms with van der Waals surface area (Å²) in [5, 5.41) is 2.81. The molecule has 0 atom stereocenters. The number of hydrogen-bond donors (Lipinski definition) is 1. The minimum Gasteiger partial charge on any atom is -0.315 e. The molecule has 0 aromatic heterocycles. The van der Waals surface area contributed by atoms with Crippen LogP contribution in [0.15, 0.2) is 0 Å². The van der Waals surface area contributed by atoms with Gasteiger partial charge in [-0.2, -0.15) is 0 Å². The monoisotopic (exact) mass is 257 g/mol. The number of sulfone groups is 2. The van der Waals surface area contributed by atoms with Gasteiger partial charge < -0.3 is 5.32 Å². The molecule has 0 unspecified atom stereocenters. The maximum absolute atomic E-state index is 11.1. The van der Waals surface area contributed by atoms with Crippen molar-refractivity contribution in [1.82, 2.24) is 5.32 Å². The van der Waals surface area contributed by atoms with Crippen molar-refractivity contribution in [2.45, 2.75) is 13.8 Å². The summed E-state index contributed by atoms with van der Waals surface area (Å²) >= 11 is 0. The quantitative estimate of drug-likeness (QED) is 0.590. The van der Waals surface area contributed by atoms with Crippen molar-refractivity contribution >= 4 is 19.7 Å².